The number of benzene rings is 2. The van der Waals surface area contributed by atoms with Crippen molar-refractivity contribution in [1.29, 1.82) is 0 Å². The predicted octanol–water partition coefficient (Wildman–Crippen LogP) is 5.85. The van der Waals surface area contributed by atoms with Gasteiger partial charge in [-0.3, -0.25) is 10.1 Å². The maximum atomic E-state index is 11.8. The Bertz CT molecular complexity index is 673. The lowest BCUT2D eigenvalue weighted by atomic mass is 9.88. The monoisotopic (exact) mass is 355 g/mol. The molecule has 2 aromatic carbocycles. The molecule has 1 unspecified atom stereocenters. The van der Waals surface area contributed by atoms with Crippen LogP contribution in [0.4, 0.5) is 17.1 Å². The van der Waals surface area contributed by atoms with Crippen molar-refractivity contribution < 1.29 is 4.92 Å². The summed E-state index contributed by atoms with van der Waals surface area (Å²) in [5, 5.41) is 18.4. The fourth-order valence-corrected chi connectivity index (χ4v) is 3.15. The molecule has 5 heteroatoms. The molecule has 140 valence electrons. The summed E-state index contributed by atoms with van der Waals surface area (Å²) in [7, 11) is 0. The molecule has 5 nitrogen and oxygen atoms in total. The molecular weight excluding hydrogens is 326 g/mol. The number of unbranched alkanes of at least 4 members (excludes halogenated alkanes) is 1. The van der Waals surface area contributed by atoms with Gasteiger partial charge in [0.25, 0.3) is 0 Å². The Morgan fingerprint density at radius 1 is 0.885 bits per heavy atom. The summed E-state index contributed by atoms with van der Waals surface area (Å²) in [6.45, 7) is 4.44. The average molecular weight is 355 g/mol. The van der Waals surface area contributed by atoms with Gasteiger partial charge in [0, 0.05) is 34.8 Å². The van der Waals surface area contributed by atoms with E-state index >= 15 is 0 Å². The summed E-state index contributed by atoms with van der Waals surface area (Å²) in [5.41, 5.74) is 2.04. The van der Waals surface area contributed by atoms with E-state index in [9.17, 15) is 10.1 Å². The number of nitrogens with one attached hydrogen (secondary N) is 2. The molecule has 2 rings (SSSR count). The van der Waals surface area contributed by atoms with Gasteiger partial charge < -0.3 is 10.6 Å². The molecule has 26 heavy (non-hydrogen) atoms. The molecule has 0 spiro atoms. The molecule has 0 saturated carbocycles. The fraction of sp³-hybridized carbons (Fsp3) is 0.429. The number of rotatable bonds is 11. The third kappa shape index (κ3) is 5.48. The van der Waals surface area contributed by atoms with E-state index < -0.39 is 5.54 Å². The third-order valence-corrected chi connectivity index (χ3v) is 4.67. The average Bonchev–Trinajstić information content (AvgIpc) is 2.66. The highest BCUT2D eigenvalue weighted by atomic mass is 16.6. The fourth-order valence-electron chi connectivity index (χ4n) is 3.15. The first-order valence-electron chi connectivity index (χ1n) is 9.40. The van der Waals surface area contributed by atoms with Crippen LogP contribution in [0.1, 0.15) is 46.0 Å². The molecule has 2 N–H and O–H groups in total. The van der Waals surface area contributed by atoms with Crippen LogP contribution in [0.3, 0.4) is 0 Å². The second-order valence-corrected chi connectivity index (χ2v) is 6.76. The number of nitro groups is 1. The topological polar surface area (TPSA) is 67.2 Å². The van der Waals surface area contributed by atoms with E-state index in [1.54, 1.807) is 0 Å². The van der Waals surface area contributed by atoms with Crippen LogP contribution in [-0.2, 0) is 0 Å². The third-order valence-electron chi connectivity index (χ3n) is 4.67. The van der Waals surface area contributed by atoms with Crippen LogP contribution < -0.4 is 10.6 Å². The van der Waals surface area contributed by atoms with Gasteiger partial charge in [-0.1, -0.05) is 38.5 Å². The van der Waals surface area contributed by atoms with E-state index in [0.717, 1.165) is 36.3 Å². The molecule has 0 radical (unpaired) electrons. The van der Waals surface area contributed by atoms with Crippen molar-refractivity contribution in [2.75, 3.05) is 17.2 Å². The van der Waals surface area contributed by atoms with Crippen molar-refractivity contribution in [2.24, 2.45) is 0 Å². The normalized spacial score (nSPS) is 13.0. The molecule has 0 fully saturated rings. The maximum absolute atomic E-state index is 11.8. The van der Waals surface area contributed by atoms with Gasteiger partial charge in [0.05, 0.1) is 6.54 Å². The number of anilines is 3. The summed E-state index contributed by atoms with van der Waals surface area (Å²) in [6.07, 6.45) is 3.87. The van der Waals surface area contributed by atoms with Gasteiger partial charge in [-0.25, -0.2) is 0 Å². The van der Waals surface area contributed by atoms with Crippen molar-refractivity contribution in [2.45, 2.75) is 51.5 Å². The van der Waals surface area contributed by atoms with E-state index in [0.29, 0.717) is 19.4 Å². The molecule has 0 heterocycles. The summed E-state index contributed by atoms with van der Waals surface area (Å²) in [4.78, 5) is 11.7. The molecule has 0 saturated heterocycles. The molecular formula is C21H29N3O2. The van der Waals surface area contributed by atoms with Crippen molar-refractivity contribution in [3.63, 3.8) is 0 Å². The van der Waals surface area contributed by atoms with E-state index in [1.165, 1.54) is 0 Å². The number of hydrogen-bond acceptors (Lipinski definition) is 4. The summed E-state index contributed by atoms with van der Waals surface area (Å²) >= 11 is 0. The molecule has 0 aliphatic heterocycles. The van der Waals surface area contributed by atoms with Gasteiger partial charge in [-0.15, -0.1) is 0 Å². The quantitative estimate of drug-likeness (QED) is 0.392. The highest BCUT2D eigenvalue weighted by molar-refractivity contribution is 5.62. The van der Waals surface area contributed by atoms with Crippen LogP contribution in [0.15, 0.2) is 54.6 Å². The van der Waals surface area contributed by atoms with Gasteiger partial charge in [-0.2, -0.15) is 0 Å². The molecule has 0 amide bonds. The molecule has 0 aliphatic rings. The highest BCUT2D eigenvalue weighted by Crippen LogP contribution is 2.26. The van der Waals surface area contributed by atoms with Crippen LogP contribution in [0.25, 0.3) is 0 Å². The van der Waals surface area contributed by atoms with Gasteiger partial charge in [0.15, 0.2) is 0 Å². The van der Waals surface area contributed by atoms with E-state index in [-0.39, 0.29) is 4.92 Å². The SMILES string of the molecule is CCCCC(CCC)(CNc1ccc(Nc2ccccc2)cc1)[N+](=O)[O-]. The largest absolute Gasteiger partial charge is 0.378 e. The first kappa shape index (κ1) is 19.8. The van der Waals surface area contributed by atoms with E-state index in [4.69, 9.17) is 0 Å². The molecule has 2 aromatic rings. The number of para-hydroxylation sites is 1. The second-order valence-electron chi connectivity index (χ2n) is 6.76. The molecule has 0 aliphatic carbocycles. The summed E-state index contributed by atoms with van der Waals surface area (Å²) in [5.74, 6) is 0. The van der Waals surface area contributed by atoms with Crippen LogP contribution >= 0.6 is 0 Å². The Hall–Kier alpha value is -2.56. The maximum Gasteiger partial charge on any atom is 0.239 e. The minimum absolute atomic E-state index is 0.0789. The smallest absolute Gasteiger partial charge is 0.239 e. The molecule has 0 bridgehead atoms. The second kappa shape index (κ2) is 9.80. The first-order valence-corrected chi connectivity index (χ1v) is 9.40. The van der Waals surface area contributed by atoms with Crippen LogP contribution in [0, 0.1) is 10.1 Å². The van der Waals surface area contributed by atoms with Crippen molar-refractivity contribution >= 4 is 17.1 Å². The zero-order valence-electron chi connectivity index (χ0n) is 15.7. The Morgan fingerprint density at radius 2 is 1.50 bits per heavy atom. The zero-order chi connectivity index (χ0) is 18.8. The number of nitrogens with zero attached hydrogens (tertiary/aromatic N) is 1. The van der Waals surface area contributed by atoms with Crippen molar-refractivity contribution in [3.8, 4) is 0 Å². The van der Waals surface area contributed by atoms with E-state index in [1.807, 2.05) is 61.5 Å². The lowest BCUT2D eigenvalue weighted by Gasteiger charge is -2.26. The van der Waals surface area contributed by atoms with Gasteiger partial charge >= 0.3 is 0 Å². The Morgan fingerprint density at radius 3 is 2.08 bits per heavy atom. The van der Waals surface area contributed by atoms with Gasteiger partial charge in [0.1, 0.15) is 0 Å². The van der Waals surface area contributed by atoms with Crippen molar-refractivity contribution in [3.05, 3.63) is 64.7 Å². The van der Waals surface area contributed by atoms with E-state index in [2.05, 4.69) is 17.6 Å². The Balaban J connectivity index is 2.01. The lowest BCUT2D eigenvalue weighted by molar-refractivity contribution is -0.568. The van der Waals surface area contributed by atoms with Gasteiger partial charge in [0.2, 0.25) is 5.54 Å². The van der Waals surface area contributed by atoms with Crippen LogP contribution in [0.5, 0.6) is 0 Å². The minimum atomic E-state index is -0.883. The highest BCUT2D eigenvalue weighted by Gasteiger charge is 2.40. The minimum Gasteiger partial charge on any atom is -0.378 e. The Kier molecular flexibility index (Phi) is 7.45. The summed E-state index contributed by atoms with van der Waals surface area (Å²) in [6, 6.07) is 17.9. The first-order chi connectivity index (χ1) is 12.6. The Labute approximate surface area is 156 Å². The number of hydrogen-bond donors (Lipinski definition) is 2. The van der Waals surface area contributed by atoms with Crippen LogP contribution in [-0.4, -0.2) is 17.0 Å². The van der Waals surface area contributed by atoms with Crippen LogP contribution in [0.2, 0.25) is 0 Å². The molecule has 1 atom stereocenters. The zero-order valence-corrected chi connectivity index (χ0v) is 15.7. The standard InChI is InChI=1S/C21H29N3O2/c1-3-5-16-21(15-4-2,24(25)26)17-22-18-11-13-20(14-12-18)23-19-9-7-6-8-10-19/h6-14,22-23H,3-5,15-17H2,1-2H3. The molecule has 0 aromatic heterocycles. The van der Waals surface area contributed by atoms with Gasteiger partial charge in [-0.05, 0) is 49.2 Å². The predicted molar refractivity (Wildman–Crippen MR) is 109 cm³/mol. The lowest BCUT2D eigenvalue weighted by Crippen LogP contribution is -2.44. The van der Waals surface area contributed by atoms with Crippen molar-refractivity contribution in [1.82, 2.24) is 0 Å². The summed E-state index contributed by atoms with van der Waals surface area (Å²) < 4.78 is 0.